The molecule has 1 aliphatic carbocycles. The third-order valence-corrected chi connectivity index (χ3v) is 4.50. The number of carbonyl (C=O) groups excluding carboxylic acids is 2. The summed E-state index contributed by atoms with van der Waals surface area (Å²) in [6.07, 6.45) is 0. The average Bonchev–Trinajstić information content (AvgIpc) is 3.02. The molecule has 0 saturated carbocycles. The molecule has 0 N–H and O–H groups in total. The number of hydrogen-bond acceptors (Lipinski definition) is 3. The topological polar surface area (TPSA) is 52.0 Å². The van der Waals surface area contributed by atoms with Crippen molar-refractivity contribution in [3.63, 3.8) is 0 Å². The van der Waals surface area contributed by atoms with E-state index in [2.05, 4.69) is 4.98 Å². The molecule has 0 unspecified atom stereocenters. The molecule has 2 aromatic carbocycles. The van der Waals surface area contributed by atoms with Gasteiger partial charge in [-0.3, -0.25) is 14.2 Å². The van der Waals surface area contributed by atoms with Crippen molar-refractivity contribution in [3.05, 3.63) is 82.9 Å². The molecule has 4 nitrogen and oxygen atoms in total. The van der Waals surface area contributed by atoms with E-state index in [1.807, 2.05) is 6.07 Å². The minimum absolute atomic E-state index is 0.00297. The van der Waals surface area contributed by atoms with Gasteiger partial charge in [0.2, 0.25) is 15.4 Å². The van der Waals surface area contributed by atoms with E-state index in [1.165, 1.54) is 4.57 Å². The lowest BCUT2D eigenvalue weighted by Crippen LogP contribution is -2.23. The van der Waals surface area contributed by atoms with Crippen LogP contribution >= 0.6 is 34.8 Å². The van der Waals surface area contributed by atoms with E-state index >= 15 is 0 Å². The first-order chi connectivity index (χ1) is 11.9. The highest BCUT2D eigenvalue weighted by atomic mass is 35.6. The maximum Gasteiger partial charge on any atom is 0.248 e. The average molecular weight is 392 g/mol. The van der Waals surface area contributed by atoms with Crippen molar-refractivity contribution in [2.45, 2.75) is 3.79 Å². The van der Waals surface area contributed by atoms with Gasteiger partial charge >= 0.3 is 0 Å². The van der Waals surface area contributed by atoms with Crippen LogP contribution in [0.15, 0.2) is 54.6 Å². The van der Waals surface area contributed by atoms with Crippen molar-refractivity contribution in [1.29, 1.82) is 0 Å². The molecule has 25 heavy (non-hydrogen) atoms. The Morgan fingerprint density at radius 2 is 1.36 bits per heavy atom. The molecule has 4 rings (SSSR count). The second kappa shape index (κ2) is 5.70. The fourth-order valence-corrected chi connectivity index (χ4v) is 3.32. The van der Waals surface area contributed by atoms with Crippen molar-refractivity contribution < 1.29 is 9.59 Å². The first kappa shape index (κ1) is 16.3. The van der Waals surface area contributed by atoms with Gasteiger partial charge in [0.25, 0.3) is 0 Å². The fraction of sp³-hybridized carbons (Fsp3) is 0.0556. The monoisotopic (exact) mass is 390 g/mol. The zero-order valence-electron chi connectivity index (χ0n) is 12.5. The van der Waals surface area contributed by atoms with Gasteiger partial charge in [-0.05, 0) is 12.1 Å². The van der Waals surface area contributed by atoms with Crippen LogP contribution in [0.2, 0.25) is 0 Å². The Balaban J connectivity index is 2.08. The summed E-state index contributed by atoms with van der Waals surface area (Å²) in [7, 11) is 0. The molecule has 1 heterocycles. The summed E-state index contributed by atoms with van der Waals surface area (Å²) in [4.78, 5) is 30.1. The van der Waals surface area contributed by atoms with Crippen LogP contribution in [0.25, 0.3) is 5.69 Å². The van der Waals surface area contributed by atoms with E-state index in [0.29, 0.717) is 16.8 Å². The number of nitrogens with zero attached hydrogens (tertiary/aromatic N) is 2. The Labute approximate surface area is 158 Å². The van der Waals surface area contributed by atoms with Crippen LogP contribution in [0, 0.1) is 0 Å². The molecule has 0 saturated heterocycles. The predicted octanol–water partition coefficient (Wildman–Crippen LogP) is 4.47. The minimum atomic E-state index is -1.90. The van der Waals surface area contributed by atoms with Gasteiger partial charge < -0.3 is 0 Å². The lowest BCUT2D eigenvalue weighted by Gasteiger charge is -2.18. The molecule has 0 atom stereocenters. The Morgan fingerprint density at radius 1 is 0.800 bits per heavy atom. The predicted molar refractivity (Wildman–Crippen MR) is 96.1 cm³/mol. The van der Waals surface area contributed by atoms with Gasteiger partial charge in [0.1, 0.15) is 11.4 Å². The molecule has 3 aromatic rings. The van der Waals surface area contributed by atoms with Crippen LogP contribution in [0.1, 0.15) is 37.9 Å². The van der Waals surface area contributed by atoms with Gasteiger partial charge in [0.15, 0.2) is 5.82 Å². The second-order valence-corrected chi connectivity index (χ2v) is 7.79. The van der Waals surface area contributed by atoms with E-state index in [4.69, 9.17) is 34.8 Å². The molecule has 0 radical (unpaired) electrons. The standard InChI is InChI=1S/C18H9Cl3N2O2/c19-18(20,21)17-22-13-14(23(17)10-6-2-1-3-7-10)16(25)12-9-5-4-8-11(12)15(13)24/h1-9H. The zero-order valence-corrected chi connectivity index (χ0v) is 14.8. The highest BCUT2D eigenvalue weighted by Gasteiger charge is 2.40. The molecule has 1 aromatic heterocycles. The van der Waals surface area contributed by atoms with E-state index in [9.17, 15) is 9.59 Å². The van der Waals surface area contributed by atoms with Crippen molar-refractivity contribution in [3.8, 4) is 5.69 Å². The third kappa shape index (κ3) is 2.49. The summed E-state index contributed by atoms with van der Waals surface area (Å²) in [5, 5.41) is 0. The van der Waals surface area contributed by atoms with Gasteiger partial charge in [-0.1, -0.05) is 77.3 Å². The molecular weight excluding hydrogens is 383 g/mol. The first-order valence-electron chi connectivity index (χ1n) is 7.33. The Kier molecular flexibility index (Phi) is 3.72. The number of rotatable bonds is 1. The highest BCUT2D eigenvalue weighted by Crippen LogP contribution is 2.41. The number of benzene rings is 2. The molecule has 124 valence electrons. The highest BCUT2D eigenvalue weighted by molar-refractivity contribution is 6.66. The number of halogens is 3. The van der Waals surface area contributed by atoms with Gasteiger partial charge in [-0.2, -0.15) is 0 Å². The van der Waals surface area contributed by atoms with E-state index in [1.54, 1.807) is 48.5 Å². The Morgan fingerprint density at radius 3 is 1.96 bits per heavy atom. The second-order valence-electron chi connectivity index (χ2n) is 5.51. The Bertz CT molecular complexity index is 1020. The molecule has 0 fully saturated rings. The molecule has 0 aliphatic heterocycles. The molecule has 0 spiro atoms. The van der Waals surface area contributed by atoms with E-state index in [0.717, 1.165) is 0 Å². The summed E-state index contributed by atoms with van der Waals surface area (Å²) >= 11 is 18.2. The number of alkyl halides is 3. The van der Waals surface area contributed by atoms with Crippen LogP contribution in [-0.4, -0.2) is 21.1 Å². The lowest BCUT2D eigenvalue weighted by molar-refractivity contribution is 0.0972. The van der Waals surface area contributed by atoms with Gasteiger partial charge in [0, 0.05) is 16.8 Å². The maximum absolute atomic E-state index is 13.0. The number of hydrogen-bond donors (Lipinski definition) is 0. The van der Waals surface area contributed by atoms with Crippen molar-refractivity contribution >= 4 is 46.4 Å². The quantitative estimate of drug-likeness (QED) is 0.450. The zero-order chi connectivity index (χ0) is 17.8. The molecular formula is C18H9Cl3N2O2. The fourth-order valence-electron chi connectivity index (χ4n) is 2.94. The summed E-state index contributed by atoms with van der Waals surface area (Å²) in [5.74, 6) is -0.694. The maximum atomic E-state index is 13.0. The normalized spacial score (nSPS) is 13.6. The number of para-hydroxylation sites is 1. The third-order valence-electron chi connectivity index (χ3n) is 3.99. The van der Waals surface area contributed by atoms with Crippen molar-refractivity contribution in [2.24, 2.45) is 0 Å². The van der Waals surface area contributed by atoms with Gasteiger partial charge in [0.05, 0.1) is 0 Å². The number of ketones is 2. The van der Waals surface area contributed by atoms with E-state index < -0.39 is 3.79 Å². The number of fused-ring (bicyclic) bond motifs is 2. The Hall–Kier alpha value is -2.14. The minimum Gasteiger partial charge on any atom is -0.289 e. The van der Waals surface area contributed by atoms with E-state index in [-0.39, 0.29) is 28.8 Å². The molecule has 1 aliphatic rings. The SMILES string of the molecule is O=C1c2ccccc2C(=O)c2c1nc(C(Cl)(Cl)Cl)n2-c1ccccc1. The molecule has 0 amide bonds. The van der Waals surface area contributed by atoms with Crippen molar-refractivity contribution in [2.75, 3.05) is 0 Å². The van der Waals surface area contributed by atoms with Gasteiger partial charge in [-0.25, -0.2) is 4.98 Å². The largest absolute Gasteiger partial charge is 0.289 e. The van der Waals surface area contributed by atoms with Crippen molar-refractivity contribution in [1.82, 2.24) is 9.55 Å². The number of aromatic nitrogens is 2. The molecule has 0 bridgehead atoms. The van der Waals surface area contributed by atoms with Crippen LogP contribution in [0.4, 0.5) is 0 Å². The summed E-state index contributed by atoms with van der Waals surface area (Å²) in [5.41, 5.74) is 1.30. The van der Waals surface area contributed by atoms with Crippen LogP contribution in [0.5, 0.6) is 0 Å². The number of imidazole rings is 1. The van der Waals surface area contributed by atoms with Crippen LogP contribution < -0.4 is 0 Å². The summed E-state index contributed by atoms with van der Waals surface area (Å²) < 4.78 is -0.460. The summed E-state index contributed by atoms with van der Waals surface area (Å²) in [6.45, 7) is 0. The van der Waals surface area contributed by atoms with Gasteiger partial charge in [-0.15, -0.1) is 0 Å². The summed E-state index contributed by atoms with van der Waals surface area (Å²) in [6, 6.07) is 15.5. The number of carbonyl (C=O) groups is 2. The molecule has 7 heteroatoms. The first-order valence-corrected chi connectivity index (χ1v) is 8.47. The smallest absolute Gasteiger partial charge is 0.248 e. The van der Waals surface area contributed by atoms with Crippen LogP contribution in [-0.2, 0) is 3.79 Å². The van der Waals surface area contributed by atoms with Crippen LogP contribution in [0.3, 0.4) is 0 Å². The lowest BCUT2D eigenvalue weighted by atomic mass is 9.90.